The van der Waals surface area contributed by atoms with E-state index in [1.54, 1.807) is 6.92 Å². The Balaban J connectivity index is 0.975. The Hall–Kier alpha value is -0.900. The first kappa shape index (κ1) is 47.2. The van der Waals surface area contributed by atoms with Crippen molar-refractivity contribution in [1.82, 2.24) is 0 Å². The summed E-state index contributed by atoms with van der Waals surface area (Å²) >= 11 is 0. The highest BCUT2D eigenvalue weighted by molar-refractivity contribution is 5.36. The summed E-state index contributed by atoms with van der Waals surface area (Å²) in [5.74, 6) is 0.655. The van der Waals surface area contributed by atoms with Gasteiger partial charge < -0.3 is 79.1 Å². The number of hydrogen-bond donors (Lipinski definition) is 9. The van der Waals surface area contributed by atoms with Gasteiger partial charge in [-0.3, -0.25) is 0 Å². The summed E-state index contributed by atoms with van der Waals surface area (Å²) in [5, 5.41) is 98.1. The summed E-state index contributed by atoms with van der Waals surface area (Å²) in [6.07, 6.45) is -9.72. The van der Waals surface area contributed by atoms with Gasteiger partial charge in [0.2, 0.25) is 0 Å². The van der Waals surface area contributed by atoms with Crippen LogP contribution in [0.3, 0.4) is 0 Å². The molecular weight excluding hydrogens is 821 g/mol. The minimum absolute atomic E-state index is 0.139. The minimum atomic E-state index is -1.78. The van der Waals surface area contributed by atoms with Crippen LogP contribution in [0.2, 0.25) is 0 Å². The van der Waals surface area contributed by atoms with Gasteiger partial charge in [0, 0.05) is 16.7 Å². The van der Waals surface area contributed by atoms with Crippen LogP contribution in [0.15, 0.2) is 12.2 Å². The van der Waals surface area contributed by atoms with Crippen molar-refractivity contribution in [2.75, 3.05) is 19.8 Å². The van der Waals surface area contributed by atoms with Crippen molar-refractivity contribution in [1.29, 1.82) is 0 Å². The molecule has 16 nitrogen and oxygen atoms in total. The zero-order valence-electron chi connectivity index (χ0n) is 38.3. The quantitative estimate of drug-likeness (QED) is 0.129. The molecule has 0 unspecified atom stereocenters. The summed E-state index contributed by atoms with van der Waals surface area (Å²) in [7, 11) is 0. The zero-order chi connectivity index (χ0) is 45.6. The van der Waals surface area contributed by atoms with Crippen molar-refractivity contribution < 1.29 is 79.1 Å². The molecule has 0 aromatic carbocycles. The Labute approximate surface area is 371 Å². The largest absolute Gasteiger partial charge is 0.394 e. The Morgan fingerprint density at radius 2 is 1.33 bits per heavy atom. The molecule has 4 heterocycles. The molecule has 4 aliphatic heterocycles. The summed E-state index contributed by atoms with van der Waals surface area (Å²) in [6.45, 7) is 17.6. The fourth-order valence-electron chi connectivity index (χ4n) is 15.5. The molecule has 0 aromatic rings. The zero-order valence-corrected chi connectivity index (χ0v) is 38.3. The third-order valence-electron chi connectivity index (χ3n) is 19.5. The smallest absolute Gasteiger partial charge is 0.187 e. The van der Waals surface area contributed by atoms with E-state index in [1.165, 1.54) is 0 Å². The molecule has 360 valence electrons. The van der Waals surface area contributed by atoms with Crippen molar-refractivity contribution in [3.8, 4) is 0 Å². The van der Waals surface area contributed by atoms with Gasteiger partial charge in [0.05, 0.1) is 43.7 Å². The van der Waals surface area contributed by atoms with Gasteiger partial charge in [-0.15, -0.1) is 0 Å². The van der Waals surface area contributed by atoms with E-state index < -0.39 is 122 Å². The third kappa shape index (κ3) is 6.73. The van der Waals surface area contributed by atoms with E-state index in [0.717, 1.165) is 44.9 Å². The molecule has 9 rings (SSSR count). The summed E-state index contributed by atoms with van der Waals surface area (Å²) in [5.41, 5.74) is -1.48. The van der Waals surface area contributed by atoms with Crippen LogP contribution < -0.4 is 0 Å². The topological polar surface area (TPSA) is 247 Å². The number of aliphatic hydroxyl groups excluding tert-OH is 9. The molecule has 4 saturated heterocycles. The highest BCUT2D eigenvalue weighted by Gasteiger charge is 2.79. The van der Waals surface area contributed by atoms with Crippen LogP contribution in [0, 0.1) is 50.2 Å². The van der Waals surface area contributed by atoms with Gasteiger partial charge >= 0.3 is 0 Å². The van der Waals surface area contributed by atoms with E-state index >= 15 is 0 Å². The van der Waals surface area contributed by atoms with Crippen LogP contribution in [0.1, 0.15) is 107 Å². The second kappa shape index (κ2) is 15.8. The van der Waals surface area contributed by atoms with Crippen LogP contribution >= 0.6 is 0 Å². The second-order valence-corrected chi connectivity index (χ2v) is 23.5. The highest BCUT2D eigenvalue weighted by atomic mass is 16.8. The molecule has 9 aliphatic rings. The fraction of sp³-hybridized carbons (Fsp3) is 0.957. The Morgan fingerprint density at radius 1 is 0.667 bits per heavy atom. The van der Waals surface area contributed by atoms with Crippen molar-refractivity contribution in [3.05, 3.63) is 12.2 Å². The molecule has 8 fully saturated rings. The maximum atomic E-state index is 12.2. The lowest BCUT2D eigenvalue weighted by atomic mass is 9.32. The number of allylic oxidation sites excluding steroid dienone is 1. The Kier molecular flexibility index (Phi) is 11.8. The molecule has 0 radical (unpaired) electrons. The van der Waals surface area contributed by atoms with Crippen molar-refractivity contribution in [3.63, 3.8) is 0 Å². The van der Waals surface area contributed by atoms with E-state index in [4.69, 9.17) is 33.2 Å². The van der Waals surface area contributed by atoms with Gasteiger partial charge in [0.25, 0.3) is 0 Å². The average molecular weight is 897 g/mol. The normalized spacial score (nSPS) is 58.3. The second-order valence-electron chi connectivity index (χ2n) is 23.5. The monoisotopic (exact) mass is 897 g/mol. The number of fused-ring (bicyclic) bond motifs is 4. The first-order valence-electron chi connectivity index (χ1n) is 23.7. The average Bonchev–Trinajstić information content (AvgIpc) is 3.50. The van der Waals surface area contributed by atoms with Gasteiger partial charge in [0.15, 0.2) is 18.9 Å². The van der Waals surface area contributed by atoms with E-state index in [0.29, 0.717) is 13.0 Å². The van der Waals surface area contributed by atoms with E-state index in [-0.39, 0.29) is 44.8 Å². The lowest BCUT2D eigenvalue weighted by molar-refractivity contribution is -0.393. The molecular formula is C47H76O16. The lowest BCUT2D eigenvalue weighted by Crippen LogP contribution is -2.72. The van der Waals surface area contributed by atoms with E-state index in [2.05, 4.69) is 60.6 Å². The van der Waals surface area contributed by atoms with E-state index in [1.807, 2.05) is 0 Å². The van der Waals surface area contributed by atoms with Crippen molar-refractivity contribution in [2.24, 2.45) is 50.2 Å². The van der Waals surface area contributed by atoms with Crippen LogP contribution in [-0.2, 0) is 33.2 Å². The maximum absolute atomic E-state index is 12.2. The Bertz CT molecular complexity index is 1730. The molecule has 9 N–H and O–H groups in total. The molecule has 4 saturated carbocycles. The predicted molar refractivity (Wildman–Crippen MR) is 222 cm³/mol. The standard InChI is InChI=1S/C47H76O16/c1-22-30(51)33(54)36(63-40-37(34(55)32(53)24(19-48)60-40)62-38-35(56)31(52)23(49)20-57-38)39(59-22)61-29-11-12-43(6)25(42(29,4)5)9-13-44(7)26(43)10-14-47-27-17-41(2,3)15-16-46(27,21-58-47)28(50)18-45(44,47)8/h10,14,22-40,48-56H,9,11-13,15-21H2,1-8H3/t22-,23-,24-,25-,26-,27+,28-,29+,30+,31+,32-,33+,34+,35-,36-,37-,38+,39+,40+,43+,44-,45+,46-,47-/m1/s1. The molecule has 5 aliphatic carbocycles. The summed E-state index contributed by atoms with van der Waals surface area (Å²) in [4.78, 5) is 0. The van der Waals surface area contributed by atoms with Crippen LogP contribution in [0.4, 0.5) is 0 Å². The van der Waals surface area contributed by atoms with E-state index in [9.17, 15) is 46.0 Å². The molecule has 0 aromatic heterocycles. The summed E-state index contributed by atoms with van der Waals surface area (Å²) in [6, 6.07) is 0. The first-order valence-corrected chi connectivity index (χ1v) is 23.7. The SMILES string of the molecule is C[C@H]1O[C@@H](O[C@H]2CC[C@@]3(C)[C@H](CC[C@]4(C)[C@@H]3C=C[C@@]35OC[C@@]6(CCC(C)(C)C[C@@H]63)[C@H](O)C[C@@]45C)C2(C)C)[C@H](O[C@@H]2O[C@H](CO)[C@@H](O)[C@H](O)[C@H]2O[C@@H]2OC[C@@H](O)[C@H](O)[C@H]2O)[C@@H](O)[C@H]1O. The van der Waals surface area contributed by atoms with Crippen molar-refractivity contribution in [2.45, 2.75) is 211 Å². The minimum Gasteiger partial charge on any atom is -0.394 e. The molecule has 2 bridgehead atoms. The predicted octanol–water partition coefficient (Wildman–Crippen LogP) is 1.27. The van der Waals surface area contributed by atoms with Crippen LogP contribution in [-0.4, -0.2) is 170 Å². The van der Waals surface area contributed by atoms with Gasteiger partial charge in [-0.1, -0.05) is 60.6 Å². The number of aliphatic hydroxyl groups is 9. The van der Waals surface area contributed by atoms with Crippen LogP contribution in [0.5, 0.6) is 0 Å². The number of rotatable bonds is 7. The molecule has 1 spiro atoms. The highest BCUT2D eigenvalue weighted by Crippen LogP contribution is 2.79. The van der Waals surface area contributed by atoms with Crippen molar-refractivity contribution >= 4 is 0 Å². The van der Waals surface area contributed by atoms with Gasteiger partial charge in [-0.2, -0.15) is 0 Å². The molecule has 24 atom stereocenters. The maximum Gasteiger partial charge on any atom is 0.187 e. The summed E-state index contributed by atoms with van der Waals surface area (Å²) < 4.78 is 43.9. The van der Waals surface area contributed by atoms with Gasteiger partial charge in [-0.05, 0) is 91.8 Å². The van der Waals surface area contributed by atoms with Gasteiger partial charge in [0.1, 0.15) is 61.0 Å². The third-order valence-corrected chi connectivity index (χ3v) is 19.5. The molecule has 16 heteroatoms. The lowest BCUT2D eigenvalue weighted by Gasteiger charge is -2.73. The molecule has 63 heavy (non-hydrogen) atoms. The number of ether oxygens (including phenoxy) is 7. The molecule has 0 amide bonds. The first-order chi connectivity index (χ1) is 29.4. The number of hydrogen-bond acceptors (Lipinski definition) is 16. The fourth-order valence-corrected chi connectivity index (χ4v) is 15.5. The van der Waals surface area contributed by atoms with Crippen LogP contribution in [0.25, 0.3) is 0 Å². The Morgan fingerprint density at radius 3 is 2.03 bits per heavy atom. The van der Waals surface area contributed by atoms with Gasteiger partial charge in [-0.25, -0.2) is 0 Å².